The summed E-state index contributed by atoms with van der Waals surface area (Å²) in [5.74, 6) is -0.0891. The van der Waals surface area contributed by atoms with Crippen LogP contribution in [0.15, 0.2) is 52.5 Å². The van der Waals surface area contributed by atoms with Gasteiger partial charge in [0.2, 0.25) is 15.9 Å². The molecule has 0 spiro atoms. The molecular weight excluding hydrogens is 442 g/mol. The van der Waals surface area contributed by atoms with E-state index in [2.05, 4.69) is 9.97 Å². The van der Waals surface area contributed by atoms with Crippen molar-refractivity contribution in [1.82, 2.24) is 14.2 Å². The summed E-state index contributed by atoms with van der Waals surface area (Å²) < 4.78 is 26.9. The highest BCUT2D eigenvalue weighted by atomic mass is 32.2. The molecule has 2 aromatic carbocycles. The number of H-pyrrole nitrogens is 2. The summed E-state index contributed by atoms with van der Waals surface area (Å²) in [7, 11) is -3.65. The lowest BCUT2D eigenvalue weighted by Crippen LogP contribution is -2.35. The predicted molar refractivity (Wildman–Crippen MR) is 114 cm³/mol. The van der Waals surface area contributed by atoms with Gasteiger partial charge in [-0.1, -0.05) is 17.7 Å². The lowest BCUT2D eigenvalue weighted by atomic mass is 10.2. The van der Waals surface area contributed by atoms with Gasteiger partial charge in [-0.2, -0.15) is 4.31 Å². The van der Waals surface area contributed by atoms with Gasteiger partial charge in [0.05, 0.1) is 28.3 Å². The van der Waals surface area contributed by atoms with E-state index < -0.39 is 14.9 Å². The number of thioether (sulfide) groups is 1. The Labute approximate surface area is 182 Å². The van der Waals surface area contributed by atoms with E-state index in [0.717, 1.165) is 5.56 Å². The molecule has 2 heterocycles. The molecule has 0 aliphatic carbocycles. The van der Waals surface area contributed by atoms with Crippen molar-refractivity contribution in [2.24, 2.45) is 0 Å². The van der Waals surface area contributed by atoms with Crippen LogP contribution in [-0.4, -0.2) is 58.9 Å². The van der Waals surface area contributed by atoms with Gasteiger partial charge in [-0.05, 0) is 36.9 Å². The second-order valence-corrected chi connectivity index (χ2v) is 10.1. The van der Waals surface area contributed by atoms with Crippen LogP contribution in [0.2, 0.25) is 0 Å². The van der Waals surface area contributed by atoms with E-state index >= 15 is 0 Å². The molecule has 4 rings (SSSR count). The van der Waals surface area contributed by atoms with Crippen molar-refractivity contribution >= 4 is 44.4 Å². The van der Waals surface area contributed by atoms with Crippen LogP contribution < -0.4 is 4.98 Å². The van der Waals surface area contributed by atoms with Crippen molar-refractivity contribution in [2.45, 2.75) is 17.0 Å². The van der Waals surface area contributed by atoms with Gasteiger partial charge in [0.15, 0.2) is 11.0 Å². The number of hydrogen-bond acceptors (Lipinski definition) is 6. The van der Waals surface area contributed by atoms with Crippen LogP contribution in [-0.2, 0) is 14.8 Å². The van der Waals surface area contributed by atoms with Crippen molar-refractivity contribution in [2.75, 3.05) is 25.5 Å². The number of nitro benzene ring substituents is 1. The quantitative estimate of drug-likeness (QED) is 0.338. The zero-order valence-electron chi connectivity index (χ0n) is 16.6. The summed E-state index contributed by atoms with van der Waals surface area (Å²) in [5.41, 5.74) is 2.21. The van der Waals surface area contributed by atoms with Gasteiger partial charge < -0.3 is 4.90 Å². The molecule has 0 unspecified atom stereocenters. The molecule has 1 aromatic heterocycles. The van der Waals surface area contributed by atoms with Crippen molar-refractivity contribution in [3.63, 3.8) is 0 Å². The Bertz CT molecular complexity index is 1260. The lowest BCUT2D eigenvalue weighted by Gasteiger charge is -2.18. The minimum atomic E-state index is -3.65. The SMILES string of the molecule is Cc1ccc(S(=O)(=O)N2CCN(C(=O)CSc3[nH]c4cc([N+](=O)[O-])ccc4[nH+]3)C2)cc1. The highest BCUT2D eigenvalue weighted by Gasteiger charge is 2.33. The molecule has 162 valence electrons. The van der Waals surface area contributed by atoms with Crippen LogP contribution in [0.3, 0.4) is 0 Å². The number of fused-ring (bicyclic) bond motifs is 1. The third-order valence-electron chi connectivity index (χ3n) is 5.01. The van der Waals surface area contributed by atoms with Gasteiger partial charge >= 0.3 is 5.16 Å². The number of carbonyl (C=O) groups excluding carboxylic acids is 1. The number of nitrogens with zero attached hydrogens (tertiary/aromatic N) is 3. The summed E-state index contributed by atoms with van der Waals surface area (Å²) in [6.07, 6.45) is 0. The number of benzene rings is 2. The number of aryl methyl sites for hydroxylation is 1. The number of rotatable bonds is 6. The molecule has 10 nitrogen and oxygen atoms in total. The molecule has 0 bridgehead atoms. The number of hydrogen-bond donors (Lipinski definition) is 1. The molecule has 0 radical (unpaired) electrons. The normalized spacial score (nSPS) is 14.9. The maximum absolute atomic E-state index is 12.8. The lowest BCUT2D eigenvalue weighted by molar-refractivity contribution is -0.396. The maximum Gasteiger partial charge on any atom is 0.315 e. The fourth-order valence-corrected chi connectivity index (χ4v) is 5.46. The molecule has 31 heavy (non-hydrogen) atoms. The Morgan fingerprint density at radius 2 is 1.97 bits per heavy atom. The summed E-state index contributed by atoms with van der Waals surface area (Å²) in [6, 6.07) is 11.1. The summed E-state index contributed by atoms with van der Waals surface area (Å²) in [5, 5.41) is 11.5. The van der Waals surface area contributed by atoms with E-state index in [1.54, 1.807) is 30.3 Å². The fourth-order valence-electron chi connectivity index (χ4n) is 3.25. The van der Waals surface area contributed by atoms with E-state index in [-0.39, 0.29) is 35.5 Å². The third kappa shape index (κ3) is 4.40. The van der Waals surface area contributed by atoms with Gasteiger partial charge in [-0.15, -0.1) is 0 Å². The first-order valence-corrected chi connectivity index (χ1v) is 11.8. The largest absolute Gasteiger partial charge is 0.327 e. The second-order valence-electron chi connectivity index (χ2n) is 7.15. The average Bonchev–Trinajstić information content (AvgIpc) is 3.39. The molecule has 1 aliphatic rings. The topological polar surface area (TPSA) is 131 Å². The Kier molecular flexibility index (Phi) is 5.69. The van der Waals surface area contributed by atoms with Crippen LogP contribution in [0.5, 0.6) is 0 Å². The smallest absolute Gasteiger partial charge is 0.315 e. The van der Waals surface area contributed by atoms with Crippen molar-refractivity contribution < 1.29 is 23.1 Å². The van der Waals surface area contributed by atoms with E-state index in [9.17, 15) is 23.3 Å². The Morgan fingerprint density at radius 1 is 1.23 bits per heavy atom. The van der Waals surface area contributed by atoms with E-state index in [1.807, 2.05) is 6.92 Å². The molecule has 0 atom stereocenters. The number of carbonyl (C=O) groups is 1. The van der Waals surface area contributed by atoms with E-state index in [0.29, 0.717) is 22.7 Å². The first-order valence-electron chi connectivity index (χ1n) is 9.41. The third-order valence-corrected chi connectivity index (χ3v) is 7.74. The van der Waals surface area contributed by atoms with E-state index in [1.165, 1.54) is 33.1 Å². The Balaban J connectivity index is 1.38. The Hall–Kier alpha value is -2.96. The average molecular weight is 463 g/mol. The van der Waals surface area contributed by atoms with Gasteiger partial charge in [-0.25, -0.2) is 18.4 Å². The number of sulfonamides is 1. The molecule has 2 N–H and O–H groups in total. The molecule has 12 heteroatoms. The number of nitro groups is 1. The number of aromatic amines is 2. The van der Waals surface area contributed by atoms with Crippen molar-refractivity contribution in [1.29, 1.82) is 0 Å². The molecule has 1 saturated heterocycles. The standard InChI is InChI=1S/C19H19N5O5S2/c1-13-2-5-15(6-3-13)31(28,29)23-9-8-22(12-23)18(25)11-30-19-20-16-7-4-14(24(26)27)10-17(16)21-19/h2-7,10H,8-9,11-12H2,1H3,(H,20,21)/p+1. The monoisotopic (exact) mass is 462 g/mol. The number of non-ortho nitro benzene ring substituents is 1. The molecule has 3 aromatic rings. The van der Waals surface area contributed by atoms with Crippen LogP contribution in [0, 0.1) is 17.0 Å². The van der Waals surface area contributed by atoms with Gasteiger partial charge in [0, 0.05) is 19.2 Å². The molecule has 0 saturated carbocycles. The number of imidazole rings is 1. The summed E-state index contributed by atoms with van der Waals surface area (Å²) >= 11 is 1.22. The highest BCUT2D eigenvalue weighted by Crippen LogP contribution is 2.23. The summed E-state index contributed by atoms with van der Waals surface area (Å²) in [4.78, 5) is 30.8. The highest BCUT2D eigenvalue weighted by molar-refractivity contribution is 7.99. The van der Waals surface area contributed by atoms with Crippen molar-refractivity contribution in [3.05, 3.63) is 58.1 Å². The van der Waals surface area contributed by atoms with Gasteiger partial charge in [-0.3, -0.25) is 14.9 Å². The second kappa shape index (κ2) is 8.29. The minimum Gasteiger partial charge on any atom is -0.327 e. The van der Waals surface area contributed by atoms with Crippen LogP contribution >= 0.6 is 11.8 Å². The van der Waals surface area contributed by atoms with Crippen LogP contribution in [0.1, 0.15) is 5.56 Å². The minimum absolute atomic E-state index is 0.0121. The first kappa shape index (κ1) is 21.3. The van der Waals surface area contributed by atoms with Crippen LogP contribution in [0.4, 0.5) is 5.69 Å². The molecular formula is C19H20N5O5S2+. The first-order chi connectivity index (χ1) is 14.7. The number of nitrogens with one attached hydrogen (secondary N) is 2. The Morgan fingerprint density at radius 3 is 2.68 bits per heavy atom. The zero-order valence-corrected chi connectivity index (χ0v) is 18.2. The van der Waals surface area contributed by atoms with Gasteiger partial charge in [0.25, 0.3) is 5.69 Å². The fraction of sp³-hybridized carbons (Fsp3) is 0.263. The zero-order chi connectivity index (χ0) is 22.2. The molecule has 1 amide bonds. The predicted octanol–water partition coefficient (Wildman–Crippen LogP) is 1.78. The van der Waals surface area contributed by atoms with E-state index in [4.69, 9.17) is 0 Å². The number of amides is 1. The van der Waals surface area contributed by atoms with Gasteiger partial charge in [0.1, 0.15) is 0 Å². The molecule has 1 fully saturated rings. The maximum atomic E-state index is 12.8. The summed E-state index contributed by atoms with van der Waals surface area (Å²) in [6.45, 7) is 2.47. The number of aromatic nitrogens is 2. The van der Waals surface area contributed by atoms with Crippen LogP contribution in [0.25, 0.3) is 11.0 Å². The molecule has 1 aliphatic heterocycles. The van der Waals surface area contributed by atoms with Crippen molar-refractivity contribution in [3.8, 4) is 0 Å².